The fourth-order valence-corrected chi connectivity index (χ4v) is 10.0. The molecular formula is C66H59N. The number of benzene rings is 10. The predicted octanol–water partition coefficient (Wildman–Crippen LogP) is 19.2. The third-order valence-electron chi connectivity index (χ3n) is 13.7. The molecule has 0 saturated carbocycles. The predicted molar refractivity (Wildman–Crippen MR) is 289 cm³/mol. The average Bonchev–Trinajstić information content (AvgIpc) is 3.39. The van der Waals surface area contributed by atoms with E-state index >= 15 is 0 Å². The molecule has 1 heteroatoms. The molecule has 0 amide bonds. The van der Waals surface area contributed by atoms with Gasteiger partial charge < -0.3 is 4.90 Å². The minimum absolute atomic E-state index is 0.750. The van der Waals surface area contributed by atoms with Gasteiger partial charge in [0.2, 0.25) is 0 Å². The normalized spacial score (nSPS) is 11.9. The van der Waals surface area contributed by atoms with Gasteiger partial charge >= 0.3 is 0 Å². The van der Waals surface area contributed by atoms with Crippen LogP contribution in [0.2, 0.25) is 0 Å². The minimum Gasteiger partial charge on any atom is -0.311 e. The molecule has 0 heterocycles. The van der Waals surface area contributed by atoms with E-state index in [9.17, 15) is 0 Å². The monoisotopic (exact) mass is 865 g/mol. The minimum atomic E-state index is 0.750. The van der Waals surface area contributed by atoms with E-state index in [4.69, 9.17) is 0 Å². The Balaban J connectivity index is 0.950. The molecule has 1 nitrogen and oxygen atoms in total. The Hall–Kier alpha value is -7.48. The number of hydrogen-bond donors (Lipinski definition) is 0. The molecule has 0 saturated heterocycles. The van der Waals surface area contributed by atoms with Crippen LogP contribution < -0.4 is 4.90 Å². The second-order valence-electron chi connectivity index (χ2n) is 18.8. The van der Waals surface area contributed by atoms with E-state index in [2.05, 4.69) is 256 Å². The van der Waals surface area contributed by atoms with Gasteiger partial charge in [-0.15, -0.1) is 0 Å². The van der Waals surface area contributed by atoms with Gasteiger partial charge in [0.05, 0.1) is 0 Å². The third kappa shape index (κ3) is 9.60. The molecule has 0 bridgehead atoms. The molecule has 328 valence electrons. The van der Waals surface area contributed by atoms with Crippen molar-refractivity contribution in [3.8, 4) is 55.6 Å². The Labute approximate surface area is 398 Å². The number of rotatable bonds is 15. The Morgan fingerprint density at radius 1 is 0.313 bits per heavy atom. The molecule has 0 spiro atoms. The number of aryl methyl sites for hydroxylation is 1. The Morgan fingerprint density at radius 2 is 0.687 bits per heavy atom. The van der Waals surface area contributed by atoms with Crippen LogP contribution >= 0.6 is 0 Å². The molecule has 0 aliphatic rings. The fourth-order valence-electron chi connectivity index (χ4n) is 10.0. The van der Waals surface area contributed by atoms with Gasteiger partial charge in [-0.2, -0.15) is 0 Å². The van der Waals surface area contributed by atoms with Gasteiger partial charge in [-0.25, -0.2) is 0 Å². The lowest BCUT2D eigenvalue weighted by molar-refractivity contribution is 0.437. The van der Waals surface area contributed by atoms with Gasteiger partial charge in [0.25, 0.3) is 0 Å². The molecule has 10 aromatic carbocycles. The first-order chi connectivity index (χ1) is 33.0. The van der Waals surface area contributed by atoms with E-state index in [1.54, 1.807) is 0 Å². The Morgan fingerprint density at radius 3 is 1.18 bits per heavy atom. The second kappa shape index (κ2) is 19.9. The quantitative estimate of drug-likeness (QED) is 0.0928. The number of fused-ring (bicyclic) bond motifs is 3. The number of hydrogen-bond acceptors (Lipinski definition) is 1. The summed E-state index contributed by atoms with van der Waals surface area (Å²) in [5.74, 6) is 1.54. The zero-order chi connectivity index (χ0) is 45.5. The maximum Gasteiger partial charge on any atom is 0.0462 e. The van der Waals surface area contributed by atoms with E-state index in [-0.39, 0.29) is 0 Å². The summed E-state index contributed by atoms with van der Waals surface area (Å²) >= 11 is 0. The zero-order valence-electron chi connectivity index (χ0n) is 39.1. The van der Waals surface area contributed by atoms with Crippen LogP contribution in [0.4, 0.5) is 17.1 Å². The van der Waals surface area contributed by atoms with Crippen molar-refractivity contribution < 1.29 is 0 Å². The first kappa shape index (κ1) is 43.4. The van der Waals surface area contributed by atoms with E-state index in [0.717, 1.165) is 35.3 Å². The van der Waals surface area contributed by atoms with E-state index in [1.165, 1.54) is 108 Å². The molecule has 0 fully saturated rings. The Kier molecular flexibility index (Phi) is 12.9. The van der Waals surface area contributed by atoms with Gasteiger partial charge in [-0.3, -0.25) is 0 Å². The van der Waals surface area contributed by atoms with E-state index < -0.39 is 0 Å². The molecule has 0 radical (unpaired) electrons. The first-order valence-corrected chi connectivity index (χ1v) is 24.3. The van der Waals surface area contributed by atoms with Crippen LogP contribution in [0.3, 0.4) is 0 Å². The lowest BCUT2D eigenvalue weighted by Crippen LogP contribution is -2.09. The highest BCUT2D eigenvalue weighted by Crippen LogP contribution is 2.45. The van der Waals surface area contributed by atoms with Crippen molar-refractivity contribution in [2.45, 2.75) is 52.9 Å². The molecule has 0 aliphatic carbocycles. The van der Waals surface area contributed by atoms with Crippen molar-refractivity contribution in [1.29, 1.82) is 0 Å². The summed E-state index contributed by atoms with van der Waals surface area (Å²) < 4.78 is 0. The summed E-state index contributed by atoms with van der Waals surface area (Å²) in [7, 11) is 0. The van der Waals surface area contributed by atoms with Gasteiger partial charge in [-0.1, -0.05) is 234 Å². The Bertz CT molecular complexity index is 3200. The smallest absolute Gasteiger partial charge is 0.0462 e. The summed E-state index contributed by atoms with van der Waals surface area (Å²) in [6, 6.07) is 84.7. The van der Waals surface area contributed by atoms with Crippen LogP contribution in [0.15, 0.2) is 231 Å². The van der Waals surface area contributed by atoms with Crippen molar-refractivity contribution in [3.05, 3.63) is 236 Å². The summed E-state index contributed by atoms with van der Waals surface area (Å²) in [6.45, 7) is 7.08. The van der Waals surface area contributed by atoms with Crippen LogP contribution in [-0.4, -0.2) is 0 Å². The molecule has 1 unspecified atom stereocenters. The molecule has 1 atom stereocenters. The van der Waals surface area contributed by atoms with Crippen LogP contribution in [-0.2, 0) is 6.42 Å². The van der Waals surface area contributed by atoms with Crippen LogP contribution in [0.1, 0.15) is 52.0 Å². The highest BCUT2D eigenvalue weighted by molar-refractivity contribution is 6.21. The topological polar surface area (TPSA) is 3.24 Å². The maximum absolute atomic E-state index is 2.42. The summed E-state index contributed by atoms with van der Waals surface area (Å²) in [6.07, 6.45) is 6.34. The molecule has 10 rings (SSSR count). The number of nitrogens with zero attached hydrogens (tertiary/aromatic N) is 1. The van der Waals surface area contributed by atoms with Crippen molar-refractivity contribution in [2.24, 2.45) is 11.8 Å². The number of anilines is 3. The van der Waals surface area contributed by atoms with Crippen molar-refractivity contribution >= 4 is 38.6 Å². The third-order valence-corrected chi connectivity index (χ3v) is 13.7. The molecule has 0 aromatic heterocycles. The SMILES string of the molecule is CC(C)CCCC(C)CCc1cccc(-c2ccc(N(c3ccc(-c4ccccc4)cc3)c3ccc(-c4ccc(-c5c(-c6ccccc6)c6ccccc6c6ccccc56)cc4)cc3)cc2)c1. The fraction of sp³-hybridized carbons (Fsp3) is 0.152. The van der Waals surface area contributed by atoms with Gasteiger partial charge in [0, 0.05) is 17.1 Å². The van der Waals surface area contributed by atoms with Crippen LogP contribution in [0, 0.1) is 11.8 Å². The van der Waals surface area contributed by atoms with Crippen molar-refractivity contribution in [3.63, 3.8) is 0 Å². The summed E-state index contributed by atoms with van der Waals surface area (Å²) in [5.41, 5.74) is 17.1. The first-order valence-electron chi connectivity index (χ1n) is 24.3. The second-order valence-corrected chi connectivity index (χ2v) is 18.8. The molecule has 0 aliphatic heterocycles. The summed E-state index contributed by atoms with van der Waals surface area (Å²) in [4.78, 5) is 2.37. The highest BCUT2D eigenvalue weighted by atomic mass is 15.1. The van der Waals surface area contributed by atoms with E-state index in [0.29, 0.717) is 0 Å². The van der Waals surface area contributed by atoms with Gasteiger partial charge in [0.1, 0.15) is 0 Å². The highest BCUT2D eigenvalue weighted by Gasteiger charge is 2.18. The largest absolute Gasteiger partial charge is 0.311 e. The molecule has 10 aromatic rings. The van der Waals surface area contributed by atoms with Crippen LogP contribution in [0.5, 0.6) is 0 Å². The standard InChI is InChI=1S/C66H59N/c1-47(2)16-14-17-48(3)28-29-49-18-15-23-57(46-49)54-38-44-60(45-39-54)67(58-40-34-52(35-41-58)50-19-6-4-7-20-50)59-42-36-53(37-43-59)51-30-32-56(33-31-51)66-64-27-13-11-25-62(64)61-24-10-12-26-63(61)65(66)55-21-8-5-9-22-55/h4-13,15,18-27,30-48H,14,16-17,28-29H2,1-3H3. The lowest BCUT2D eigenvalue weighted by Gasteiger charge is -2.26. The summed E-state index contributed by atoms with van der Waals surface area (Å²) in [5, 5.41) is 5.10. The van der Waals surface area contributed by atoms with Gasteiger partial charge in [0.15, 0.2) is 0 Å². The average molecular weight is 866 g/mol. The van der Waals surface area contributed by atoms with Crippen molar-refractivity contribution in [1.82, 2.24) is 0 Å². The maximum atomic E-state index is 2.42. The van der Waals surface area contributed by atoms with E-state index in [1.807, 2.05) is 0 Å². The van der Waals surface area contributed by atoms with Gasteiger partial charge in [-0.05, 0) is 144 Å². The molecule has 67 heavy (non-hydrogen) atoms. The zero-order valence-corrected chi connectivity index (χ0v) is 39.1. The lowest BCUT2D eigenvalue weighted by atomic mass is 9.85. The van der Waals surface area contributed by atoms with Crippen molar-refractivity contribution in [2.75, 3.05) is 4.90 Å². The molecular weight excluding hydrogens is 807 g/mol. The van der Waals surface area contributed by atoms with Crippen LogP contribution in [0.25, 0.3) is 77.2 Å². The molecule has 0 N–H and O–H groups in total.